The summed E-state index contributed by atoms with van der Waals surface area (Å²) in [5, 5.41) is 2.20. The van der Waals surface area contributed by atoms with Gasteiger partial charge in [0.2, 0.25) is 10.0 Å². The Morgan fingerprint density at radius 1 is 1.21 bits per heavy atom. The largest absolute Gasteiger partial charge is 0.468 e. The molecule has 1 rings (SSSR count). The number of hydrogen-bond acceptors (Lipinski definition) is 7. The Bertz CT molecular complexity index is 728. The van der Waals surface area contributed by atoms with Crippen LogP contribution < -0.4 is 5.32 Å². The molecular formula is C14H18N2O7S. The van der Waals surface area contributed by atoms with E-state index in [0.29, 0.717) is 0 Å². The predicted molar refractivity (Wildman–Crippen MR) is 82.6 cm³/mol. The van der Waals surface area contributed by atoms with Crippen LogP contribution in [0.4, 0.5) is 0 Å². The molecule has 0 aliphatic heterocycles. The number of carbonyl (C=O) groups excluding carboxylic acids is 3. The minimum Gasteiger partial charge on any atom is -0.468 e. The average molecular weight is 358 g/mol. The molecule has 0 radical (unpaired) electrons. The molecule has 0 heterocycles. The highest BCUT2D eigenvalue weighted by molar-refractivity contribution is 7.89. The van der Waals surface area contributed by atoms with Crippen molar-refractivity contribution in [2.24, 2.45) is 0 Å². The van der Waals surface area contributed by atoms with Crippen LogP contribution in [0.5, 0.6) is 0 Å². The number of carbonyl (C=O) groups is 3. The number of hydrogen-bond donors (Lipinski definition) is 1. The molecule has 0 atom stereocenters. The molecule has 0 fully saturated rings. The van der Waals surface area contributed by atoms with E-state index >= 15 is 0 Å². The second-order valence-electron chi connectivity index (χ2n) is 4.74. The minimum absolute atomic E-state index is 0.0151. The summed E-state index contributed by atoms with van der Waals surface area (Å²) in [6.45, 7) is -0.954. The Morgan fingerprint density at radius 2 is 1.88 bits per heavy atom. The van der Waals surface area contributed by atoms with Gasteiger partial charge in [0.05, 0.1) is 17.6 Å². The second kappa shape index (κ2) is 8.41. The van der Waals surface area contributed by atoms with Gasteiger partial charge in [-0.1, -0.05) is 6.07 Å². The standard InChI is InChI=1S/C14H18N2O7S/c1-16(2)24(20,21)11-6-4-5-10(7-11)14(19)23-9-12(17)15-8-13(18)22-3/h4-7H,8-9H2,1-3H3,(H,15,17). The van der Waals surface area contributed by atoms with Crippen molar-refractivity contribution < 1.29 is 32.3 Å². The van der Waals surface area contributed by atoms with Gasteiger partial charge < -0.3 is 14.8 Å². The first kappa shape index (κ1) is 19.6. The van der Waals surface area contributed by atoms with E-state index in [0.717, 1.165) is 10.4 Å². The van der Waals surface area contributed by atoms with Crippen molar-refractivity contribution in [1.29, 1.82) is 0 Å². The highest BCUT2D eigenvalue weighted by Gasteiger charge is 2.19. The first-order chi connectivity index (χ1) is 11.2. The molecule has 0 saturated carbocycles. The van der Waals surface area contributed by atoms with E-state index < -0.39 is 34.5 Å². The maximum Gasteiger partial charge on any atom is 0.338 e. The number of nitrogens with one attached hydrogen (secondary N) is 1. The molecule has 10 heteroatoms. The van der Waals surface area contributed by atoms with Gasteiger partial charge >= 0.3 is 11.9 Å². The van der Waals surface area contributed by atoms with Gasteiger partial charge in [-0.15, -0.1) is 0 Å². The second-order valence-corrected chi connectivity index (χ2v) is 6.90. The monoisotopic (exact) mass is 358 g/mol. The zero-order valence-electron chi connectivity index (χ0n) is 13.4. The molecule has 1 aromatic carbocycles. The molecule has 1 amide bonds. The van der Waals surface area contributed by atoms with Crippen LogP contribution in [-0.4, -0.2) is 64.9 Å². The maximum atomic E-state index is 12.0. The highest BCUT2D eigenvalue weighted by atomic mass is 32.2. The third-order valence-corrected chi connectivity index (χ3v) is 4.65. The lowest BCUT2D eigenvalue weighted by atomic mass is 10.2. The first-order valence-electron chi connectivity index (χ1n) is 6.71. The summed E-state index contributed by atoms with van der Waals surface area (Å²) in [4.78, 5) is 34.1. The smallest absolute Gasteiger partial charge is 0.338 e. The van der Waals surface area contributed by atoms with Gasteiger partial charge in [0.25, 0.3) is 5.91 Å². The number of esters is 2. The van der Waals surface area contributed by atoms with E-state index in [1.54, 1.807) is 0 Å². The van der Waals surface area contributed by atoms with Crippen molar-refractivity contribution in [2.75, 3.05) is 34.4 Å². The van der Waals surface area contributed by atoms with Crippen molar-refractivity contribution in [2.45, 2.75) is 4.90 Å². The van der Waals surface area contributed by atoms with Gasteiger partial charge in [-0.25, -0.2) is 17.5 Å². The van der Waals surface area contributed by atoms with Crippen LogP contribution in [0.3, 0.4) is 0 Å². The summed E-state index contributed by atoms with van der Waals surface area (Å²) in [5.41, 5.74) is -0.0151. The number of ether oxygens (including phenoxy) is 2. The molecule has 0 aromatic heterocycles. The molecule has 0 saturated heterocycles. The molecule has 0 unspecified atom stereocenters. The first-order valence-corrected chi connectivity index (χ1v) is 8.15. The zero-order valence-corrected chi connectivity index (χ0v) is 14.3. The fraction of sp³-hybridized carbons (Fsp3) is 0.357. The van der Waals surface area contributed by atoms with E-state index in [2.05, 4.69) is 10.1 Å². The zero-order chi connectivity index (χ0) is 18.3. The number of sulfonamides is 1. The molecule has 1 N–H and O–H groups in total. The van der Waals surface area contributed by atoms with E-state index in [-0.39, 0.29) is 17.0 Å². The maximum absolute atomic E-state index is 12.0. The Balaban J connectivity index is 2.70. The SMILES string of the molecule is COC(=O)CNC(=O)COC(=O)c1cccc(S(=O)(=O)N(C)C)c1. The quantitative estimate of drug-likeness (QED) is 0.645. The molecule has 0 spiro atoms. The Labute approximate surface area is 139 Å². The molecule has 0 aliphatic carbocycles. The fourth-order valence-corrected chi connectivity index (χ4v) is 2.45. The Hall–Kier alpha value is -2.46. The number of methoxy groups -OCH3 is 1. The average Bonchev–Trinajstić information content (AvgIpc) is 2.57. The molecular weight excluding hydrogens is 340 g/mol. The van der Waals surface area contributed by atoms with Crippen LogP contribution in [0.2, 0.25) is 0 Å². The molecule has 24 heavy (non-hydrogen) atoms. The lowest BCUT2D eigenvalue weighted by Gasteiger charge is -2.12. The minimum atomic E-state index is -3.69. The highest BCUT2D eigenvalue weighted by Crippen LogP contribution is 2.15. The van der Waals surface area contributed by atoms with E-state index in [9.17, 15) is 22.8 Å². The van der Waals surface area contributed by atoms with Gasteiger partial charge in [-0.3, -0.25) is 9.59 Å². The van der Waals surface area contributed by atoms with Gasteiger partial charge in [0.15, 0.2) is 6.61 Å². The van der Waals surface area contributed by atoms with Crippen LogP contribution >= 0.6 is 0 Å². The van der Waals surface area contributed by atoms with Crippen LogP contribution in [-0.2, 0) is 29.1 Å². The summed E-state index contributed by atoms with van der Waals surface area (Å²) in [6, 6.07) is 5.26. The normalized spacial score (nSPS) is 11.0. The topological polar surface area (TPSA) is 119 Å². The fourth-order valence-electron chi connectivity index (χ4n) is 1.50. The molecule has 9 nitrogen and oxygen atoms in total. The Morgan fingerprint density at radius 3 is 2.46 bits per heavy atom. The van der Waals surface area contributed by atoms with E-state index in [1.807, 2.05) is 0 Å². The van der Waals surface area contributed by atoms with Crippen molar-refractivity contribution >= 4 is 27.9 Å². The Kier molecular flexibility index (Phi) is 6.86. The van der Waals surface area contributed by atoms with Crippen LogP contribution in [0.15, 0.2) is 29.2 Å². The van der Waals surface area contributed by atoms with Crippen molar-refractivity contribution in [3.63, 3.8) is 0 Å². The van der Waals surface area contributed by atoms with E-state index in [1.165, 1.54) is 39.4 Å². The van der Waals surface area contributed by atoms with Crippen LogP contribution in [0.1, 0.15) is 10.4 Å². The number of rotatable bonds is 7. The molecule has 1 aromatic rings. The van der Waals surface area contributed by atoms with Crippen LogP contribution in [0, 0.1) is 0 Å². The summed E-state index contributed by atoms with van der Waals surface area (Å²) >= 11 is 0. The molecule has 0 aliphatic rings. The summed E-state index contributed by atoms with van der Waals surface area (Å²) in [7, 11) is 0.214. The van der Waals surface area contributed by atoms with Gasteiger partial charge in [-0.2, -0.15) is 0 Å². The van der Waals surface area contributed by atoms with Gasteiger partial charge in [0, 0.05) is 14.1 Å². The van der Waals surface area contributed by atoms with Crippen LogP contribution in [0.25, 0.3) is 0 Å². The van der Waals surface area contributed by atoms with Gasteiger partial charge in [-0.05, 0) is 18.2 Å². The molecule has 132 valence electrons. The summed E-state index contributed by atoms with van der Waals surface area (Å²) < 4.78 is 34.2. The number of nitrogens with zero attached hydrogens (tertiary/aromatic N) is 1. The summed E-state index contributed by atoms with van der Waals surface area (Å²) in [5.74, 6) is -2.19. The van der Waals surface area contributed by atoms with E-state index in [4.69, 9.17) is 4.74 Å². The number of benzene rings is 1. The van der Waals surface area contributed by atoms with Crippen molar-refractivity contribution in [3.8, 4) is 0 Å². The number of amides is 1. The lowest BCUT2D eigenvalue weighted by molar-refractivity contribution is -0.141. The van der Waals surface area contributed by atoms with Crippen molar-refractivity contribution in [3.05, 3.63) is 29.8 Å². The van der Waals surface area contributed by atoms with Crippen molar-refractivity contribution in [1.82, 2.24) is 9.62 Å². The van der Waals surface area contributed by atoms with Gasteiger partial charge in [0.1, 0.15) is 6.54 Å². The lowest BCUT2D eigenvalue weighted by Crippen LogP contribution is -2.33. The predicted octanol–water partition coefficient (Wildman–Crippen LogP) is -0.617. The third kappa shape index (κ3) is 5.32. The molecule has 0 bridgehead atoms. The summed E-state index contributed by atoms with van der Waals surface area (Å²) in [6.07, 6.45) is 0. The third-order valence-electron chi connectivity index (χ3n) is 2.84.